The molecule has 0 aliphatic rings. The number of rotatable bonds is 5. The van der Waals surface area contributed by atoms with Gasteiger partial charge in [0.1, 0.15) is 0 Å². The van der Waals surface area contributed by atoms with Crippen molar-refractivity contribution in [2.75, 3.05) is 5.43 Å². The van der Waals surface area contributed by atoms with Gasteiger partial charge in [-0.3, -0.25) is 15.6 Å². The molecule has 2 N–H and O–H groups in total. The van der Waals surface area contributed by atoms with Crippen molar-refractivity contribution >= 4 is 46.1 Å². The Bertz CT molecular complexity index is 863. The molecule has 124 valence electrons. The first kappa shape index (κ1) is 16.8. The summed E-state index contributed by atoms with van der Waals surface area (Å²) in [5, 5.41) is 7.91. The van der Waals surface area contributed by atoms with Crippen LogP contribution in [0.5, 0.6) is 0 Å². The van der Waals surface area contributed by atoms with Crippen LogP contribution in [0.15, 0.2) is 36.0 Å². The Labute approximate surface area is 152 Å². The number of aryl methyl sites for hydroxylation is 1. The van der Waals surface area contributed by atoms with Crippen molar-refractivity contribution in [1.29, 1.82) is 0 Å². The number of hydrogen-bond acceptors (Lipinski definition) is 5. The van der Waals surface area contributed by atoms with E-state index < -0.39 is 0 Å². The van der Waals surface area contributed by atoms with Crippen LogP contribution in [0, 0.1) is 0 Å². The minimum absolute atomic E-state index is 0.305. The molecule has 0 saturated heterocycles. The number of amides is 1. The van der Waals surface area contributed by atoms with Gasteiger partial charge in [0.05, 0.1) is 22.0 Å². The zero-order chi connectivity index (χ0) is 17.1. The maximum absolute atomic E-state index is 12.4. The molecule has 24 heavy (non-hydrogen) atoms. The van der Waals surface area contributed by atoms with Crippen LogP contribution >= 0.6 is 34.5 Å². The Hall–Kier alpha value is -2.09. The zero-order valence-electron chi connectivity index (χ0n) is 12.6. The summed E-state index contributed by atoms with van der Waals surface area (Å²) in [6.45, 7) is 1.94. The summed E-state index contributed by atoms with van der Waals surface area (Å²) in [6, 6.07) is 4.96. The molecule has 2 aromatic heterocycles. The van der Waals surface area contributed by atoms with Crippen molar-refractivity contribution in [2.45, 2.75) is 13.3 Å². The van der Waals surface area contributed by atoms with Crippen LogP contribution in [0.2, 0.25) is 10.0 Å². The second-order valence-corrected chi connectivity index (χ2v) is 6.52. The number of hydrogen-bond donors (Lipinski definition) is 2. The molecule has 0 spiro atoms. The van der Waals surface area contributed by atoms with Gasteiger partial charge in [-0.25, -0.2) is 9.67 Å². The molecule has 1 aromatic carbocycles. The van der Waals surface area contributed by atoms with Gasteiger partial charge in [0.15, 0.2) is 0 Å². The fraction of sp³-hybridized carbons (Fsp3) is 0.133. The lowest BCUT2D eigenvalue weighted by molar-refractivity contribution is 0.0962. The predicted octanol–water partition coefficient (Wildman–Crippen LogP) is 3.95. The number of aromatic nitrogens is 3. The van der Waals surface area contributed by atoms with Gasteiger partial charge < -0.3 is 0 Å². The number of thiazole rings is 1. The van der Waals surface area contributed by atoms with Gasteiger partial charge in [0, 0.05) is 22.8 Å². The van der Waals surface area contributed by atoms with Crippen LogP contribution < -0.4 is 10.9 Å². The van der Waals surface area contributed by atoms with Crippen molar-refractivity contribution in [1.82, 2.24) is 20.2 Å². The first-order chi connectivity index (χ1) is 11.6. The fourth-order valence-corrected chi connectivity index (χ4v) is 3.09. The summed E-state index contributed by atoms with van der Waals surface area (Å²) >= 11 is 13.4. The van der Waals surface area contributed by atoms with Crippen LogP contribution in [0.3, 0.4) is 0 Å². The molecule has 0 radical (unpaired) electrons. The lowest BCUT2D eigenvalue weighted by Crippen LogP contribution is -2.29. The number of hydrazine groups is 1. The van der Waals surface area contributed by atoms with Crippen LogP contribution in [-0.2, 0) is 6.42 Å². The molecule has 2 heterocycles. The van der Waals surface area contributed by atoms with E-state index in [4.69, 9.17) is 23.2 Å². The largest absolute Gasteiger partial charge is 0.297 e. The Morgan fingerprint density at radius 2 is 2.21 bits per heavy atom. The molecule has 0 aliphatic carbocycles. The highest BCUT2D eigenvalue weighted by atomic mass is 35.5. The molecular formula is C15H13Cl2N5OS. The highest BCUT2D eigenvalue weighted by Crippen LogP contribution is 2.24. The van der Waals surface area contributed by atoms with Gasteiger partial charge in [-0.05, 0) is 24.6 Å². The Morgan fingerprint density at radius 3 is 2.88 bits per heavy atom. The summed E-state index contributed by atoms with van der Waals surface area (Å²) in [4.78, 5) is 16.6. The van der Waals surface area contributed by atoms with Crippen molar-refractivity contribution in [3.05, 3.63) is 57.3 Å². The van der Waals surface area contributed by atoms with Crippen LogP contribution in [0.1, 0.15) is 23.0 Å². The molecule has 0 fully saturated rings. The van der Waals surface area contributed by atoms with Crippen molar-refractivity contribution in [3.63, 3.8) is 0 Å². The van der Waals surface area contributed by atoms with E-state index in [1.807, 2.05) is 12.3 Å². The van der Waals surface area contributed by atoms with E-state index in [1.54, 1.807) is 35.3 Å². The van der Waals surface area contributed by atoms with Gasteiger partial charge >= 0.3 is 0 Å². The van der Waals surface area contributed by atoms with E-state index in [2.05, 4.69) is 20.9 Å². The van der Waals surface area contributed by atoms with Crippen molar-refractivity contribution in [2.24, 2.45) is 0 Å². The van der Waals surface area contributed by atoms with E-state index in [1.165, 1.54) is 11.3 Å². The van der Waals surface area contributed by atoms with Crippen LogP contribution in [0.4, 0.5) is 5.69 Å². The molecule has 6 nitrogen and oxygen atoms in total. The van der Waals surface area contributed by atoms with Gasteiger partial charge in [-0.2, -0.15) is 5.10 Å². The third-order valence-corrected chi connectivity index (χ3v) is 4.54. The minimum Gasteiger partial charge on any atom is -0.297 e. The number of benzene rings is 1. The normalized spacial score (nSPS) is 10.6. The summed E-state index contributed by atoms with van der Waals surface area (Å²) in [7, 11) is 0. The summed E-state index contributed by atoms with van der Waals surface area (Å²) in [6.07, 6.45) is 3.98. The highest BCUT2D eigenvalue weighted by molar-refractivity contribution is 7.12. The third kappa shape index (κ3) is 3.53. The average Bonchev–Trinajstić information content (AvgIpc) is 3.22. The average molecular weight is 382 g/mol. The Morgan fingerprint density at radius 1 is 1.38 bits per heavy atom. The summed E-state index contributed by atoms with van der Waals surface area (Å²) < 4.78 is 1.60. The number of carbonyl (C=O) groups excluding carboxylic acids is 1. The lowest BCUT2D eigenvalue weighted by Gasteiger charge is -2.09. The van der Waals surface area contributed by atoms with Crippen molar-refractivity contribution < 1.29 is 4.79 Å². The Balaban J connectivity index is 1.77. The number of nitrogens with zero attached hydrogens (tertiary/aromatic N) is 3. The van der Waals surface area contributed by atoms with E-state index in [0.29, 0.717) is 38.5 Å². The van der Waals surface area contributed by atoms with E-state index >= 15 is 0 Å². The van der Waals surface area contributed by atoms with Gasteiger partial charge in [-0.15, -0.1) is 11.3 Å². The maximum atomic E-state index is 12.4. The molecule has 0 saturated carbocycles. The molecule has 3 aromatic rings. The smallest absolute Gasteiger partial charge is 0.273 e. The SMILES string of the molecule is CCc1nn(-c2nccs2)cc1C(=O)NNc1ccc(Cl)cc1Cl. The van der Waals surface area contributed by atoms with Crippen LogP contribution in [-0.4, -0.2) is 20.7 Å². The standard InChI is InChI=1S/C15H13Cl2N5OS/c1-2-12-10(8-22(21-12)15-18-5-6-24-15)14(23)20-19-13-4-3-9(16)7-11(13)17/h3-8,19H,2H2,1H3,(H,20,23). The number of anilines is 1. The molecule has 0 bridgehead atoms. The fourth-order valence-electron chi connectivity index (χ4n) is 2.07. The number of carbonyl (C=O) groups is 1. The van der Waals surface area contributed by atoms with Gasteiger partial charge in [0.2, 0.25) is 5.13 Å². The van der Waals surface area contributed by atoms with E-state index in [0.717, 1.165) is 0 Å². The first-order valence-corrected chi connectivity index (χ1v) is 8.72. The second kappa shape index (κ2) is 7.21. The highest BCUT2D eigenvalue weighted by Gasteiger charge is 2.17. The van der Waals surface area contributed by atoms with Crippen LogP contribution in [0.25, 0.3) is 5.13 Å². The molecule has 1 amide bonds. The molecule has 3 rings (SSSR count). The van der Waals surface area contributed by atoms with Gasteiger partial charge in [0.25, 0.3) is 5.91 Å². The third-order valence-electron chi connectivity index (χ3n) is 3.23. The number of halogens is 2. The predicted molar refractivity (Wildman–Crippen MR) is 96.2 cm³/mol. The summed E-state index contributed by atoms with van der Waals surface area (Å²) in [5.41, 5.74) is 7.13. The maximum Gasteiger partial charge on any atom is 0.273 e. The molecule has 0 aliphatic heterocycles. The van der Waals surface area contributed by atoms with E-state index in [9.17, 15) is 4.79 Å². The molecular weight excluding hydrogens is 369 g/mol. The second-order valence-electron chi connectivity index (χ2n) is 4.81. The molecule has 9 heteroatoms. The number of nitrogens with one attached hydrogen (secondary N) is 2. The minimum atomic E-state index is -0.305. The van der Waals surface area contributed by atoms with Gasteiger partial charge in [-0.1, -0.05) is 30.1 Å². The lowest BCUT2D eigenvalue weighted by atomic mass is 10.2. The quantitative estimate of drug-likeness (QED) is 0.656. The monoisotopic (exact) mass is 381 g/mol. The molecule has 0 unspecified atom stereocenters. The zero-order valence-corrected chi connectivity index (χ0v) is 14.9. The van der Waals surface area contributed by atoms with Crippen molar-refractivity contribution in [3.8, 4) is 5.13 Å². The van der Waals surface area contributed by atoms with E-state index in [-0.39, 0.29) is 5.91 Å². The topological polar surface area (TPSA) is 71.8 Å². The summed E-state index contributed by atoms with van der Waals surface area (Å²) in [5.74, 6) is -0.305. The molecule has 0 atom stereocenters. The first-order valence-electron chi connectivity index (χ1n) is 7.08. The Kier molecular flexibility index (Phi) is 5.03.